The summed E-state index contributed by atoms with van der Waals surface area (Å²) in [6.45, 7) is 2.33. The van der Waals surface area contributed by atoms with E-state index in [0.717, 1.165) is 46.4 Å². The summed E-state index contributed by atoms with van der Waals surface area (Å²) >= 11 is 3.19. The van der Waals surface area contributed by atoms with Gasteiger partial charge in [-0.1, -0.05) is 37.1 Å². The van der Waals surface area contributed by atoms with Crippen molar-refractivity contribution in [1.29, 1.82) is 0 Å². The van der Waals surface area contributed by atoms with E-state index in [1.54, 1.807) is 17.5 Å². The molecule has 3 saturated carbocycles. The highest BCUT2D eigenvalue weighted by Gasteiger charge is 2.43. The van der Waals surface area contributed by atoms with Crippen LogP contribution in [0, 0.1) is 17.8 Å². The summed E-state index contributed by atoms with van der Waals surface area (Å²) in [6.07, 6.45) is 12.0. The third-order valence-electron chi connectivity index (χ3n) is 8.17. The van der Waals surface area contributed by atoms with Gasteiger partial charge in [0.15, 0.2) is 11.0 Å². The third kappa shape index (κ3) is 4.21. The number of thioether (sulfide) groups is 1. The number of carbonyl (C=O) groups excluding carboxylic acids is 1. The predicted molar refractivity (Wildman–Crippen MR) is 136 cm³/mol. The van der Waals surface area contributed by atoms with Gasteiger partial charge in [0.1, 0.15) is 5.82 Å². The van der Waals surface area contributed by atoms with Gasteiger partial charge in [-0.25, -0.2) is 4.68 Å². The SMILES string of the molecule is CC(C1CC2CCC1C2)n1c(SCC(=O)Nc2ccnn2C2CCCC2)nnc1-c1cccs1. The van der Waals surface area contributed by atoms with Crippen LogP contribution in [0.15, 0.2) is 34.9 Å². The highest BCUT2D eigenvalue weighted by atomic mass is 32.2. The van der Waals surface area contributed by atoms with Crippen molar-refractivity contribution in [2.45, 2.75) is 75.5 Å². The van der Waals surface area contributed by atoms with Crippen molar-refractivity contribution in [3.8, 4) is 10.7 Å². The van der Waals surface area contributed by atoms with E-state index >= 15 is 0 Å². The largest absolute Gasteiger partial charge is 0.310 e. The van der Waals surface area contributed by atoms with Crippen LogP contribution >= 0.6 is 23.1 Å². The number of anilines is 1. The van der Waals surface area contributed by atoms with E-state index in [2.05, 4.69) is 49.6 Å². The maximum Gasteiger partial charge on any atom is 0.235 e. The van der Waals surface area contributed by atoms with E-state index in [1.165, 1.54) is 50.3 Å². The van der Waals surface area contributed by atoms with Gasteiger partial charge in [-0.3, -0.25) is 9.36 Å². The van der Waals surface area contributed by atoms with Crippen molar-refractivity contribution in [3.63, 3.8) is 0 Å². The van der Waals surface area contributed by atoms with Gasteiger partial charge < -0.3 is 5.32 Å². The summed E-state index contributed by atoms with van der Waals surface area (Å²) < 4.78 is 4.31. The van der Waals surface area contributed by atoms with E-state index in [-0.39, 0.29) is 5.91 Å². The second kappa shape index (κ2) is 9.49. The van der Waals surface area contributed by atoms with Crippen LogP contribution in [-0.4, -0.2) is 36.2 Å². The molecule has 3 aromatic rings. The van der Waals surface area contributed by atoms with E-state index < -0.39 is 0 Å². The smallest absolute Gasteiger partial charge is 0.235 e. The van der Waals surface area contributed by atoms with Crippen molar-refractivity contribution in [2.24, 2.45) is 17.8 Å². The summed E-state index contributed by atoms with van der Waals surface area (Å²) in [7, 11) is 0. The van der Waals surface area contributed by atoms with Gasteiger partial charge in [0, 0.05) is 12.1 Å². The molecule has 0 radical (unpaired) electrons. The van der Waals surface area contributed by atoms with Crippen LogP contribution in [0.2, 0.25) is 0 Å². The molecular formula is C25H32N6OS2. The molecule has 7 nitrogen and oxygen atoms in total. The highest BCUT2D eigenvalue weighted by Crippen LogP contribution is 2.53. The molecule has 4 unspecified atom stereocenters. The minimum Gasteiger partial charge on any atom is -0.310 e. The van der Waals surface area contributed by atoms with Crippen molar-refractivity contribution in [3.05, 3.63) is 29.8 Å². The van der Waals surface area contributed by atoms with Crippen molar-refractivity contribution < 1.29 is 4.79 Å². The Hall–Kier alpha value is -2.13. The molecule has 3 heterocycles. The number of nitrogens with zero attached hydrogens (tertiary/aromatic N) is 5. The zero-order valence-corrected chi connectivity index (χ0v) is 21.2. The number of amides is 1. The fourth-order valence-electron chi connectivity index (χ4n) is 6.55. The molecule has 6 rings (SSSR count). The number of aromatic nitrogens is 5. The molecule has 0 aliphatic heterocycles. The van der Waals surface area contributed by atoms with Gasteiger partial charge in [-0.05, 0) is 68.2 Å². The Bertz CT molecular complexity index is 1130. The number of fused-ring (bicyclic) bond motifs is 2. The molecule has 1 N–H and O–H groups in total. The Balaban J connectivity index is 1.18. The Morgan fingerprint density at radius 3 is 2.82 bits per heavy atom. The van der Waals surface area contributed by atoms with Crippen molar-refractivity contribution in [1.82, 2.24) is 24.5 Å². The first-order valence-corrected chi connectivity index (χ1v) is 14.5. The highest BCUT2D eigenvalue weighted by molar-refractivity contribution is 7.99. The van der Waals surface area contributed by atoms with Gasteiger partial charge in [0.2, 0.25) is 5.91 Å². The standard InChI is InChI=1S/C25H32N6OS2/c1-16(20-14-17-8-9-18(20)13-17)30-24(21-7-4-12-33-21)28-29-25(30)34-15-23(32)27-22-10-11-26-31(22)19-5-2-3-6-19/h4,7,10-12,16-20H,2-3,5-6,8-9,13-15H2,1H3,(H,27,32). The van der Waals surface area contributed by atoms with Gasteiger partial charge in [-0.2, -0.15) is 5.10 Å². The van der Waals surface area contributed by atoms with Gasteiger partial charge >= 0.3 is 0 Å². The number of rotatable bonds is 8. The molecule has 0 spiro atoms. The lowest BCUT2D eigenvalue weighted by Gasteiger charge is -2.30. The van der Waals surface area contributed by atoms with E-state index in [0.29, 0.717) is 23.8 Å². The second-order valence-corrected chi connectivity index (χ2v) is 12.1. The van der Waals surface area contributed by atoms with Crippen LogP contribution in [0.1, 0.15) is 70.4 Å². The van der Waals surface area contributed by atoms with Gasteiger partial charge in [0.25, 0.3) is 0 Å². The maximum absolute atomic E-state index is 12.9. The van der Waals surface area contributed by atoms with Crippen molar-refractivity contribution >= 4 is 34.8 Å². The first-order chi connectivity index (χ1) is 16.7. The second-order valence-electron chi connectivity index (χ2n) is 10.2. The van der Waals surface area contributed by atoms with Crippen LogP contribution in [0.5, 0.6) is 0 Å². The van der Waals surface area contributed by atoms with Gasteiger partial charge in [0.05, 0.1) is 22.9 Å². The zero-order valence-electron chi connectivity index (χ0n) is 19.6. The summed E-state index contributed by atoms with van der Waals surface area (Å²) in [5.41, 5.74) is 0. The quantitative estimate of drug-likeness (QED) is 0.384. The first-order valence-electron chi connectivity index (χ1n) is 12.6. The van der Waals surface area contributed by atoms with Crippen molar-refractivity contribution in [2.75, 3.05) is 11.1 Å². The lowest BCUT2D eigenvalue weighted by Crippen LogP contribution is -2.23. The molecule has 3 aromatic heterocycles. The number of nitrogens with one attached hydrogen (secondary N) is 1. The Morgan fingerprint density at radius 2 is 2.09 bits per heavy atom. The van der Waals surface area contributed by atoms with Gasteiger partial charge in [-0.15, -0.1) is 21.5 Å². The van der Waals surface area contributed by atoms with Crippen LogP contribution in [0.25, 0.3) is 10.7 Å². The fraction of sp³-hybridized carbons (Fsp3) is 0.600. The van der Waals surface area contributed by atoms with Crippen LogP contribution in [0.4, 0.5) is 5.82 Å². The molecule has 3 fully saturated rings. The van der Waals surface area contributed by atoms with E-state index in [1.807, 2.05) is 10.7 Å². The molecule has 34 heavy (non-hydrogen) atoms. The summed E-state index contributed by atoms with van der Waals surface area (Å²) in [4.78, 5) is 14.0. The average molecular weight is 497 g/mol. The maximum atomic E-state index is 12.9. The lowest BCUT2D eigenvalue weighted by molar-refractivity contribution is -0.113. The monoisotopic (exact) mass is 496 g/mol. The molecule has 9 heteroatoms. The van der Waals surface area contributed by atoms with E-state index in [4.69, 9.17) is 0 Å². The first kappa shape index (κ1) is 22.3. The molecule has 180 valence electrons. The van der Waals surface area contributed by atoms with Crippen LogP contribution in [-0.2, 0) is 4.79 Å². The number of hydrogen-bond donors (Lipinski definition) is 1. The van der Waals surface area contributed by atoms with Crippen LogP contribution < -0.4 is 5.32 Å². The Labute approximate surface area is 208 Å². The Morgan fingerprint density at radius 1 is 1.21 bits per heavy atom. The normalized spacial score (nSPS) is 25.3. The average Bonchev–Trinajstić information content (AvgIpc) is 3.68. The predicted octanol–water partition coefficient (Wildman–Crippen LogP) is 6.05. The Kier molecular flexibility index (Phi) is 6.24. The summed E-state index contributed by atoms with van der Waals surface area (Å²) in [6, 6.07) is 6.81. The summed E-state index contributed by atoms with van der Waals surface area (Å²) in [5, 5.41) is 19.6. The molecule has 0 aromatic carbocycles. The molecule has 1 amide bonds. The topological polar surface area (TPSA) is 77.6 Å². The molecule has 0 saturated heterocycles. The number of hydrogen-bond acceptors (Lipinski definition) is 6. The molecule has 2 bridgehead atoms. The molecule has 3 aliphatic carbocycles. The fourth-order valence-corrected chi connectivity index (χ4v) is 8.08. The molecular weight excluding hydrogens is 464 g/mol. The number of carbonyl (C=O) groups is 1. The minimum atomic E-state index is -0.0236. The zero-order chi connectivity index (χ0) is 23.1. The van der Waals surface area contributed by atoms with Crippen LogP contribution in [0.3, 0.4) is 0 Å². The molecule has 4 atom stereocenters. The molecule has 3 aliphatic rings. The lowest BCUT2D eigenvalue weighted by atomic mass is 9.84. The third-order valence-corrected chi connectivity index (χ3v) is 9.98. The number of thiophene rings is 1. The minimum absolute atomic E-state index is 0.0236. The summed E-state index contributed by atoms with van der Waals surface area (Å²) in [5.74, 6) is 4.40. The van der Waals surface area contributed by atoms with E-state index in [9.17, 15) is 4.79 Å².